The summed E-state index contributed by atoms with van der Waals surface area (Å²) in [6.45, 7) is 10.5. The lowest BCUT2D eigenvalue weighted by Crippen LogP contribution is -2.53. The lowest BCUT2D eigenvalue weighted by molar-refractivity contribution is -0.120. The lowest BCUT2D eigenvalue weighted by Gasteiger charge is -2.43. The second-order valence-electron chi connectivity index (χ2n) is 11.4. The molecule has 4 nitrogen and oxygen atoms in total. The smallest absolute Gasteiger partial charge is 0.217 e. The third-order valence-corrected chi connectivity index (χ3v) is 7.16. The molecule has 3 N–H and O–H groups in total. The van der Waals surface area contributed by atoms with Crippen LogP contribution in [0.2, 0.25) is 0 Å². The molecule has 35 heavy (non-hydrogen) atoms. The Morgan fingerprint density at radius 1 is 1.17 bits per heavy atom. The molecule has 0 aromatic heterocycles. The number of hydrogen-bond donors (Lipinski definition) is 3. The average molecular weight is 487 g/mol. The number of rotatable bonds is 8. The van der Waals surface area contributed by atoms with Gasteiger partial charge in [-0.05, 0) is 59.4 Å². The molecule has 0 saturated heterocycles. The summed E-state index contributed by atoms with van der Waals surface area (Å²) in [7, 11) is 0. The summed E-state index contributed by atoms with van der Waals surface area (Å²) in [5.41, 5.74) is 2.60. The Hall–Kier alpha value is -2.31. The molecule has 4 unspecified atom stereocenters. The normalized spacial score (nSPS) is 22.5. The van der Waals surface area contributed by atoms with E-state index in [9.17, 15) is 18.7 Å². The summed E-state index contributed by atoms with van der Waals surface area (Å²) in [5, 5.41) is 17.6. The molecular weight excluding hydrogens is 446 g/mol. The van der Waals surface area contributed by atoms with E-state index in [-0.39, 0.29) is 29.8 Å². The predicted octanol–water partition coefficient (Wildman–Crippen LogP) is 5.37. The molecule has 0 aliphatic heterocycles. The molecule has 1 fully saturated rings. The van der Waals surface area contributed by atoms with Gasteiger partial charge in [0.15, 0.2) is 0 Å². The van der Waals surface area contributed by atoms with Crippen molar-refractivity contribution >= 4 is 5.91 Å². The molecule has 4 atom stereocenters. The van der Waals surface area contributed by atoms with E-state index in [0.29, 0.717) is 11.5 Å². The molecule has 2 aromatic carbocycles. The highest BCUT2D eigenvalue weighted by atomic mass is 19.1. The molecule has 6 heteroatoms. The summed E-state index contributed by atoms with van der Waals surface area (Å²) in [5.74, 6) is -1.12. The van der Waals surface area contributed by atoms with Crippen molar-refractivity contribution in [3.63, 3.8) is 0 Å². The molecular formula is C29H40F2N2O2. The number of amides is 1. The SMILES string of the molecule is CC(=O)NC(Cc1cc(F)cc(F)c1)C(O)CNC1(c2cccc(C(C)(C)C)c2)CCCC(C)C1. The number of carbonyl (C=O) groups is 1. The Bertz CT molecular complexity index is 1000. The number of aliphatic hydroxyl groups is 1. The third kappa shape index (κ3) is 7.34. The Balaban J connectivity index is 1.84. The Kier molecular flexibility index (Phi) is 8.71. The van der Waals surface area contributed by atoms with Gasteiger partial charge >= 0.3 is 0 Å². The molecule has 3 rings (SSSR count). The zero-order valence-corrected chi connectivity index (χ0v) is 21.6. The van der Waals surface area contributed by atoms with Gasteiger partial charge in [0.05, 0.1) is 12.1 Å². The van der Waals surface area contributed by atoms with Gasteiger partial charge in [-0.1, -0.05) is 64.8 Å². The molecule has 0 spiro atoms. The molecule has 2 aromatic rings. The number of carbonyl (C=O) groups excluding carboxylic acids is 1. The first-order valence-electron chi connectivity index (χ1n) is 12.6. The molecule has 1 saturated carbocycles. The standard InChI is InChI=1S/C29H40F2N2O2/c1-19-8-7-11-29(17-19,23-10-6-9-22(15-23)28(3,4)5)32-18-27(35)26(33-20(2)34)14-21-12-24(30)16-25(31)13-21/h6,9-10,12-13,15-16,19,26-27,32,35H,7-8,11,14,17-18H2,1-5H3,(H,33,34). The van der Waals surface area contributed by atoms with Crippen LogP contribution in [-0.4, -0.2) is 29.7 Å². The van der Waals surface area contributed by atoms with E-state index in [1.165, 1.54) is 36.6 Å². The molecule has 0 bridgehead atoms. The van der Waals surface area contributed by atoms with Crippen molar-refractivity contribution in [2.75, 3.05) is 6.54 Å². The first kappa shape index (κ1) is 27.3. The summed E-state index contributed by atoms with van der Waals surface area (Å²) in [4.78, 5) is 11.9. The van der Waals surface area contributed by atoms with Crippen LogP contribution in [0.5, 0.6) is 0 Å². The van der Waals surface area contributed by atoms with E-state index < -0.39 is 23.8 Å². The number of halogens is 2. The topological polar surface area (TPSA) is 61.4 Å². The van der Waals surface area contributed by atoms with Crippen LogP contribution in [0, 0.1) is 17.6 Å². The van der Waals surface area contributed by atoms with E-state index in [0.717, 1.165) is 25.3 Å². The van der Waals surface area contributed by atoms with Crippen LogP contribution in [0.4, 0.5) is 8.78 Å². The number of nitrogens with one attached hydrogen (secondary N) is 2. The average Bonchev–Trinajstić information content (AvgIpc) is 2.75. The van der Waals surface area contributed by atoms with Crippen LogP contribution in [0.1, 0.15) is 77.0 Å². The van der Waals surface area contributed by atoms with E-state index in [4.69, 9.17) is 0 Å². The predicted molar refractivity (Wildman–Crippen MR) is 136 cm³/mol. The number of aliphatic hydroxyl groups excluding tert-OH is 1. The molecule has 192 valence electrons. The molecule has 1 aliphatic rings. The zero-order chi connectivity index (χ0) is 25.8. The maximum Gasteiger partial charge on any atom is 0.217 e. The van der Waals surface area contributed by atoms with Gasteiger partial charge in [0, 0.05) is 25.1 Å². The van der Waals surface area contributed by atoms with Gasteiger partial charge in [-0.15, -0.1) is 0 Å². The fourth-order valence-corrected chi connectivity index (χ4v) is 5.33. The highest BCUT2D eigenvalue weighted by molar-refractivity contribution is 5.73. The highest BCUT2D eigenvalue weighted by Crippen LogP contribution is 2.41. The molecule has 0 heterocycles. The fraction of sp³-hybridized carbons (Fsp3) is 0.552. The van der Waals surface area contributed by atoms with E-state index in [1.807, 2.05) is 0 Å². The minimum atomic E-state index is -0.940. The van der Waals surface area contributed by atoms with Crippen LogP contribution in [-0.2, 0) is 22.2 Å². The Morgan fingerprint density at radius 2 is 1.86 bits per heavy atom. The van der Waals surface area contributed by atoms with Crippen molar-refractivity contribution in [2.45, 2.75) is 89.8 Å². The van der Waals surface area contributed by atoms with Crippen LogP contribution in [0.25, 0.3) is 0 Å². The Labute approximate surface area is 208 Å². The maximum atomic E-state index is 13.7. The van der Waals surface area contributed by atoms with Crippen molar-refractivity contribution < 1.29 is 18.7 Å². The minimum absolute atomic E-state index is 0.0216. The van der Waals surface area contributed by atoms with Gasteiger partial charge in [-0.2, -0.15) is 0 Å². The van der Waals surface area contributed by atoms with Crippen molar-refractivity contribution in [3.05, 3.63) is 70.8 Å². The summed E-state index contributed by atoms with van der Waals surface area (Å²) >= 11 is 0. The summed E-state index contributed by atoms with van der Waals surface area (Å²) < 4.78 is 27.4. The van der Waals surface area contributed by atoms with E-state index in [1.54, 1.807) is 0 Å². The molecule has 0 radical (unpaired) electrons. The second kappa shape index (κ2) is 11.2. The maximum absolute atomic E-state index is 13.7. The number of benzene rings is 2. The van der Waals surface area contributed by atoms with Crippen molar-refractivity contribution in [1.29, 1.82) is 0 Å². The molecule has 1 amide bonds. The quantitative estimate of drug-likeness (QED) is 0.470. The molecule has 1 aliphatic carbocycles. The van der Waals surface area contributed by atoms with Crippen LogP contribution < -0.4 is 10.6 Å². The highest BCUT2D eigenvalue weighted by Gasteiger charge is 2.37. The van der Waals surface area contributed by atoms with Gasteiger partial charge in [0.2, 0.25) is 5.91 Å². The summed E-state index contributed by atoms with van der Waals surface area (Å²) in [6, 6.07) is 11.3. The third-order valence-electron chi connectivity index (χ3n) is 7.16. The Morgan fingerprint density at radius 3 is 2.46 bits per heavy atom. The monoisotopic (exact) mass is 486 g/mol. The van der Waals surface area contributed by atoms with Crippen molar-refractivity contribution in [1.82, 2.24) is 10.6 Å². The van der Waals surface area contributed by atoms with Gasteiger partial charge in [0.25, 0.3) is 0 Å². The van der Waals surface area contributed by atoms with Gasteiger partial charge in [-0.25, -0.2) is 8.78 Å². The first-order chi connectivity index (χ1) is 16.4. The van der Waals surface area contributed by atoms with Gasteiger partial charge in [-0.3, -0.25) is 4.79 Å². The van der Waals surface area contributed by atoms with Gasteiger partial charge < -0.3 is 15.7 Å². The zero-order valence-electron chi connectivity index (χ0n) is 21.6. The number of hydrogen-bond acceptors (Lipinski definition) is 3. The van der Waals surface area contributed by atoms with E-state index >= 15 is 0 Å². The van der Waals surface area contributed by atoms with Crippen molar-refractivity contribution in [2.24, 2.45) is 5.92 Å². The van der Waals surface area contributed by atoms with Crippen LogP contribution >= 0.6 is 0 Å². The fourth-order valence-electron chi connectivity index (χ4n) is 5.33. The second-order valence-corrected chi connectivity index (χ2v) is 11.4. The first-order valence-corrected chi connectivity index (χ1v) is 12.6. The van der Waals surface area contributed by atoms with Gasteiger partial charge in [0.1, 0.15) is 11.6 Å². The lowest BCUT2D eigenvalue weighted by atomic mass is 9.71. The van der Waals surface area contributed by atoms with E-state index in [2.05, 4.69) is 62.6 Å². The largest absolute Gasteiger partial charge is 0.390 e. The van der Waals surface area contributed by atoms with Crippen molar-refractivity contribution in [3.8, 4) is 0 Å². The van der Waals surface area contributed by atoms with Crippen LogP contribution in [0.3, 0.4) is 0 Å². The minimum Gasteiger partial charge on any atom is -0.390 e. The summed E-state index contributed by atoms with van der Waals surface area (Å²) in [6.07, 6.45) is 3.35. The van der Waals surface area contributed by atoms with Crippen LogP contribution in [0.15, 0.2) is 42.5 Å².